The van der Waals surface area contributed by atoms with Crippen LogP contribution in [0.2, 0.25) is 0 Å². The largest absolute Gasteiger partial charge is 0.366 e. The van der Waals surface area contributed by atoms with Gasteiger partial charge < -0.3 is 15.3 Å². The Balaban J connectivity index is 1.84. The van der Waals surface area contributed by atoms with Crippen molar-refractivity contribution in [2.24, 2.45) is 7.05 Å². The third-order valence-electron chi connectivity index (χ3n) is 4.81. The SMILES string of the molecule is Cn1cc(-c2nc(N)nnc2-c2c[nH]c3ccc(Br)cc23)c2cc(Br)ccc21. The minimum atomic E-state index is 0.145. The average Bonchev–Trinajstić information content (AvgIpc) is 3.22. The summed E-state index contributed by atoms with van der Waals surface area (Å²) < 4.78 is 4.07. The highest BCUT2D eigenvalue weighted by atomic mass is 79.9. The van der Waals surface area contributed by atoms with Crippen molar-refractivity contribution in [3.8, 4) is 22.5 Å². The molecule has 138 valence electrons. The third-order valence-corrected chi connectivity index (χ3v) is 5.80. The zero-order chi connectivity index (χ0) is 19.4. The van der Waals surface area contributed by atoms with E-state index >= 15 is 0 Å². The fraction of sp³-hybridized carbons (Fsp3) is 0.0500. The lowest BCUT2D eigenvalue weighted by molar-refractivity contribution is 0.965. The number of halogens is 2. The molecule has 0 aliphatic carbocycles. The summed E-state index contributed by atoms with van der Waals surface area (Å²) in [6.07, 6.45) is 3.98. The molecule has 0 radical (unpaired) electrons. The van der Waals surface area contributed by atoms with Crippen molar-refractivity contribution < 1.29 is 0 Å². The van der Waals surface area contributed by atoms with Gasteiger partial charge in [0.2, 0.25) is 5.95 Å². The van der Waals surface area contributed by atoms with Crippen LogP contribution in [0.3, 0.4) is 0 Å². The first-order chi connectivity index (χ1) is 13.5. The molecule has 6 nitrogen and oxygen atoms in total. The summed E-state index contributed by atoms with van der Waals surface area (Å²) in [6, 6.07) is 12.3. The Hall–Kier alpha value is -2.71. The second kappa shape index (κ2) is 6.42. The second-order valence-corrected chi connectivity index (χ2v) is 8.41. The van der Waals surface area contributed by atoms with E-state index in [4.69, 9.17) is 5.73 Å². The molecular formula is C20H14Br2N6. The number of nitrogens with zero attached hydrogens (tertiary/aromatic N) is 4. The molecule has 3 N–H and O–H groups in total. The van der Waals surface area contributed by atoms with Crippen LogP contribution in [-0.4, -0.2) is 24.7 Å². The summed E-state index contributed by atoms with van der Waals surface area (Å²) in [6.45, 7) is 0. The lowest BCUT2D eigenvalue weighted by Gasteiger charge is -2.07. The number of hydrogen-bond donors (Lipinski definition) is 2. The number of nitrogens with one attached hydrogen (secondary N) is 1. The molecular weight excluding hydrogens is 484 g/mol. The van der Waals surface area contributed by atoms with Crippen LogP contribution in [0.1, 0.15) is 0 Å². The summed E-state index contributed by atoms with van der Waals surface area (Å²) in [5.41, 5.74) is 11.3. The Bertz CT molecular complexity index is 1370. The molecule has 5 rings (SSSR count). The minimum Gasteiger partial charge on any atom is -0.366 e. The monoisotopic (exact) mass is 496 g/mol. The van der Waals surface area contributed by atoms with Crippen molar-refractivity contribution in [2.75, 3.05) is 5.73 Å². The summed E-state index contributed by atoms with van der Waals surface area (Å²) >= 11 is 7.12. The molecule has 8 heteroatoms. The Morgan fingerprint density at radius 3 is 2.50 bits per heavy atom. The molecule has 0 saturated heterocycles. The molecule has 0 amide bonds. The van der Waals surface area contributed by atoms with Crippen LogP contribution in [0.15, 0.2) is 57.7 Å². The van der Waals surface area contributed by atoms with Gasteiger partial charge in [-0.1, -0.05) is 31.9 Å². The van der Waals surface area contributed by atoms with Gasteiger partial charge in [0.1, 0.15) is 11.4 Å². The minimum absolute atomic E-state index is 0.145. The van der Waals surface area contributed by atoms with Gasteiger partial charge in [-0.25, -0.2) is 4.98 Å². The van der Waals surface area contributed by atoms with Gasteiger partial charge in [0.15, 0.2) is 0 Å². The number of H-pyrrole nitrogens is 1. The number of nitrogens with two attached hydrogens (primary N) is 1. The number of rotatable bonds is 2. The van der Waals surface area contributed by atoms with Crippen LogP contribution in [0.5, 0.6) is 0 Å². The molecule has 0 fully saturated rings. The number of aryl methyl sites for hydroxylation is 1. The Kier molecular flexibility index (Phi) is 3.99. The molecule has 0 bridgehead atoms. The van der Waals surface area contributed by atoms with E-state index in [2.05, 4.69) is 81.0 Å². The standard InChI is InChI=1S/C20H14Br2N6/c1-28-9-15(13-7-11(22)3-5-17(13)28)18-19(26-27-20(23)25-18)14-8-24-16-4-2-10(21)6-12(14)16/h2-9,24H,1H3,(H2,23,25,27). The zero-order valence-electron chi connectivity index (χ0n) is 14.7. The lowest BCUT2D eigenvalue weighted by atomic mass is 10.0. The van der Waals surface area contributed by atoms with Gasteiger partial charge in [-0.3, -0.25) is 0 Å². The van der Waals surface area contributed by atoms with E-state index in [1.54, 1.807) is 0 Å². The number of hydrogen-bond acceptors (Lipinski definition) is 4. The van der Waals surface area contributed by atoms with Crippen LogP contribution in [0.4, 0.5) is 5.95 Å². The molecule has 3 aromatic heterocycles. The summed E-state index contributed by atoms with van der Waals surface area (Å²) in [5.74, 6) is 0.145. The van der Waals surface area contributed by atoms with Crippen LogP contribution in [0.25, 0.3) is 44.3 Å². The molecule has 0 unspecified atom stereocenters. The van der Waals surface area contributed by atoms with Gasteiger partial charge >= 0.3 is 0 Å². The van der Waals surface area contributed by atoms with Crippen molar-refractivity contribution >= 4 is 59.6 Å². The maximum atomic E-state index is 5.92. The molecule has 2 aromatic carbocycles. The van der Waals surface area contributed by atoms with Gasteiger partial charge in [0.25, 0.3) is 0 Å². The Morgan fingerprint density at radius 1 is 0.929 bits per heavy atom. The summed E-state index contributed by atoms with van der Waals surface area (Å²) in [4.78, 5) is 7.87. The number of anilines is 1. The predicted molar refractivity (Wildman–Crippen MR) is 119 cm³/mol. The molecule has 0 saturated carbocycles. The van der Waals surface area contributed by atoms with E-state index in [0.29, 0.717) is 11.4 Å². The number of aromatic amines is 1. The molecule has 3 heterocycles. The summed E-state index contributed by atoms with van der Waals surface area (Å²) in [5, 5.41) is 10.6. The number of nitrogen functional groups attached to an aromatic ring is 1. The van der Waals surface area contributed by atoms with E-state index < -0.39 is 0 Å². The van der Waals surface area contributed by atoms with Crippen molar-refractivity contribution in [2.45, 2.75) is 0 Å². The van der Waals surface area contributed by atoms with E-state index in [9.17, 15) is 0 Å². The smallest absolute Gasteiger partial charge is 0.240 e. The van der Waals surface area contributed by atoms with Crippen LogP contribution in [-0.2, 0) is 7.05 Å². The highest BCUT2D eigenvalue weighted by Crippen LogP contribution is 2.38. The lowest BCUT2D eigenvalue weighted by Crippen LogP contribution is -2.02. The second-order valence-electron chi connectivity index (χ2n) is 6.57. The summed E-state index contributed by atoms with van der Waals surface area (Å²) in [7, 11) is 2.01. The van der Waals surface area contributed by atoms with E-state index in [1.165, 1.54) is 0 Å². The van der Waals surface area contributed by atoms with Gasteiger partial charge in [-0.05, 0) is 36.4 Å². The van der Waals surface area contributed by atoms with Crippen molar-refractivity contribution in [3.05, 3.63) is 57.7 Å². The highest BCUT2D eigenvalue weighted by Gasteiger charge is 2.20. The number of benzene rings is 2. The Labute approximate surface area is 177 Å². The first-order valence-corrected chi connectivity index (χ1v) is 10.1. The average molecular weight is 498 g/mol. The normalized spacial score (nSPS) is 11.5. The van der Waals surface area contributed by atoms with Crippen LogP contribution >= 0.6 is 31.9 Å². The van der Waals surface area contributed by atoms with Gasteiger partial charge in [0, 0.05) is 61.3 Å². The van der Waals surface area contributed by atoms with Crippen LogP contribution in [0, 0.1) is 0 Å². The van der Waals surface area contributed by atoms with Crippen molar-refractivity contribution in [1.82, 2.24) is 24.7 Å². The first kappa shape index (κ1) is 17.4. The molecule has 0 spiro atoms. The molecule has 5 aromatic rings. The number of fused-ring (bicyclic) bond motifs is 2. The van der Waals surface area contributed by atoms with Crippen molar-refractivity contribution in [1.29, 1.82) is 0 Å². The quantitative estimate of drug-likeness (QED) is 0.347. The van der Waals surface area contributed by atoms with Gasteiger partial charge in [-0.2, -0.15) is 0 Å². The van der Waals surface area contributed by atoms with Crippen LogP contribution < -0.4 is 5.73 Å². The predicted octanol–water partition coefficient (Wildman–Crippen LogP) is 5.29. The van der Waals surface area contributed by atoms with Crippen molar-refractivity contribution in [3.63, 3.8) is 0 Å². The maximum absolute atomic E-state index is 5.92. The van der Waals surface area contributed by atoms with Gasteiger partial charge in [0.05, 0.1) is 0 Å². The third kappa shape index (κ3) is 2.71. The molecule has 0 atom stereocenters. The topological polar surface area (TPSA) is 85.4 Å². The maximum Gasteiger partial charge on any atom is 0.240 e. The van der Waals surface area contributed by atoms with E-state index in [-0.39, 0.29) is 5.95 Å². The highest BCUT2D eigenvalue weighted by molar-refractivity contribution is 9.10. The number of aromatic nitrogens is 5. The van der Waals surface area contributed by atoms with E-state index in [0.717, 1.165) is 41.9 Å². The fourth-order valence-corrected chi connectivity index (χ4v) is 4.27. The van der Waals surface area contributed by atoms with Gasteiger partial charge in [-0.15, -0.1) is 10.2 Å². The first-order valence-electron chi connectivity index (χ1n) is 8.53. The zero-order valence-corrected chi connectivity index (χ0v) is 17.9. The van der Waals surface area contributed by atoms with E-state index in [1.807, 2.05) is 31.4 Å². The fourth-order valence-electron chi connectivity index (χ4n) is 3.55. The molecule has 28 heavy (non-hydrogen) atoms. The molecule has 0 aliphatic rings. The Morgan fingerprint density at radius 2 is 1.68 bits per heavy atom. The molecule has 0 aliphatic heterocycles.